The molecule has 0 aliphatic rings. The van der Waals surface area contributed by atoms with Gasteiger partial charge in [0, 0.05) is 17.1 Å². The molecule has 80 valence electrons. The van der Waals surface area contributed by atoms with Gasteiger partial charge in [0.05, 0.1) is 7.11 Å². The van der Waals surface area contributed by atoms with E-state index in [0.29, 0.717) is 0 Å². The number of hydrogen-bond acceptors (Lipinski definition) is 2. The molecule has 0 saturated heterocycles. The van der Waals surface area contributed by atoms with Crippen LogP contribution in [0.3, 0.4) is 0 Å². The van der Waals surface area contributed by atoms with Crippen LogP contribution in [0.2, 0.25) is 0 Å². The molecule has 0 spiro atoms. The predicted octanol–water partition coefficient (Wildman–Crippen LogP) is 3.08. The van der Waals surface area contributed by atoms with Crippen molar-refractivity contribution in [3.05, 3.63) is 30.0 Å². The Bertz CT molecular complexity index is 450. The Morgan fingerprint density at radius 3 is 3.00 bits per heavy atom. The maximum absolute atomic E-state index is 5.23. The Kier molecular flexibility index (Phi) is 3.21. The van der Waals surface area contributed by atoms with Gasteiger partial charge >= 0.3 is 0 Å². The average Bonchev–Trinajstić information content (AvgIpc) is 2.68. The molecular weight excluding hydrogens is 206 g/mol. The zero-order chi connectivity index (χ0) is 10.7. The van der Waals surface area contributed by atoms with E-state index in [9.17, 15) is 0 Å². The number of nitrogens with one attached hydrogen (secondary N) is 1. The minimum atomic E-state index is 0.924. The summed E-state index contributed by atoms with van der Waals surface area (Å²) in [7, 11) is 1.70. The quantitative estimate of drug-likeness (QED) is 0.858. The van der Waals surface area contributed by atoms with Gasteiger partial charge in [-0.2, -0.15) is 11.8 Å². The second-order valence-electron chi connectivity index (χ2n) is 3.47. The summed E-state index contributed by atoms with van der Waals surface area (Å²) in [6.07, 6.45) is 5.34. The van der Waals surface area contributed by atoms with Crippen LogP contribution in [0, 0.1) is 0 Å². The summed E-state index contributed by atoms with van der Waals surface area (Å²) in [6, 6.07) is 6.15. The van der Waals surface area contributed by atoms with E-state index in [1.54, 1.807) is 7.11 Å². The van der Waals surface area contributed by atoms with Crippen LogP contribution in [-0.4, -0.2) is 24.1 Å². The molecule has 0 aliphatic heterocycles. The lowest BCUT2D eigenvalue weighted by Gasteiger charge is -2.01. The summed E-state index contributed by atoms with van der Waals surface area (Å²) in [5, 5.41) is 1.28. The normalized spacial score (nSPS) is 10.8. The summed E-state index contributed by atoms with van der Waals surface area (Å²) in [4.78, 5) is 3.28. The topological polar surface area (TPSA) is 25.0 Å². The van der Waals surface area contributed by atoms with Gasteiger partial charge in [-0.3, -0.25) is 0 Å². The molecule has 0 bridgehead atoms. The van der Waals surface area contributed by atoms with Crippen LogP contribution in [0.4, 0.5) is 0 Å². The summed E-state index contributed by atoms with van der Waals surface area (Å²) in [5.41, 5.74) is 2.56. The number of thioether (sulfide) groups is 1. The lowest BCUT2D eigenvalue weighted by Crippen LogP contribution is -1.86. The highest BCUT2D eigenvalue weighted by Gasteiger charge is 2.04. The third kappa shape index (κ3) is 2.12. The van der Waals surface area contributed by atoms with Crippen LogP contribution >= 0.6 is 11.8 Å². The lowest BCUT2D eigenvalue weighted by molar-refractivity contribution is 0.415. The van der Waals surface area contributed by atoms with Crippen molar-refractivity contribution in [3.8, 4) is 5.75 Å². The zero-order valence-electron chi connectivity index (χ0n) is 9.04. The van der Waals surface area contributed by atoms with Crippen LogP contribution in [0.5, 0.6) is 5.75 Å². The van der Waals surface area contributed by atoms with Crippen molar-refractivity contribution < 1.29 is 4.74 Å². The van der Waals surface area contributed by atoms with E-state index in [1.165, 1.54) is 16.5 Å². The largest absolute Gasteiger partial charge is 0.497 e. The summed E-state index contributed by atoms with van der Waals surface area (Å²) >= 11 is 1.87. The maximum atomic E-state index is 5.23. The molecule has 1 aromatic carbocycles. The van der Waals surface area contributed by atoms with Gasteiger partial charge in [-0.25, -0.2) is 0 Å². The third-order valence-corrected chi connectivity index (χ3v) is 3.16. The molecule has 0 saturated carbocycles. The maximum Gasteiger partial charge on any atom is 0.119 e. The number of aromatic amines is 1. The minimum absolute atomic E-state index is 0.924. The second kappa shape index (κ2) is 4.62. The van der Waals surface area contributed by atoms with Crippen LogP contribution in [-0.2, 0) is 6.42 Å². The molecule has 3 heteroatoms. The molecule has 0 radical (unpaired) electrons. The first-order valence-electron chi connectivity index (χ1n) is 4.98. The van der Waals surface area contributed by atoms with E-state index >= 15 is 0 Å². The Balaban J connectivity index is 2.38. The van der Waals surface area contributed by atoms with E-state index < -0.39 is 0 Å². The van der Waals surface area contributed by atoms with Gasteiger partial charge in [0.25, 0.3) is 0 Å². The Hall–Kier alpha value is -1.09. The molecule has 0 aliphatic carbocycles. The first-order valence-corrected chi connectivity index (χ1v) is 6.37. The van der Waals surface area contributed by atoms with Gasteiger partial charge in [-0.15, -0.1) is 0 Å². The van der Waals surface area contributed by atoms with E-state index in [1.807, 2.05) is 17.8 Å². The minimum Gasteiger partial charge on any atom is -0.497 e. The monoisotopic (exact) mass is 221 g/mol. The zero-order valence-corrected chi connectivity index (χ0v) is 9.86. The van der Waals surface area contributed by atoms with Crippen LogP contribution in [0.25, 0.3) is 10.9 Å². The highest BCUT2D eigenvalue weighted by molar-refractivity contribution is 7.98. The number of fused-ring (bicyclic) bond motifs is 1. The smallest absolute Gasteiger partial charge is 0.119 e. The van der Waals surface area contributed by atoms with E-state index in [2.05, 4.69) is 29.6 Å². The van der Waals surface area contributed by atoms with Crippen molar-refractivity contribution in [2.45, 2.75) is 6.42 Å². The molecule has 0 fully saturated rings. The Morgan fingerprint density at radius 2 is 2.27 bits per heavy atom. The van der Waals surface area contributed by atoms with Gasteiger partial charge in [-0.05, 0) is 42.2 Å². The van der Waals surface area contributed by atoms with Gasteiger partial charge in [0.1, 0.15) is 5.75 Å². The Morgan fingerprint density at radius 1 is 1.40 bits per heavy atom. The van der Waals surface area contributed by atoms with Crippen LogP contribution in [0.15, 0.2) is 24.4 Å². The van der Waals surface area contributed by atoms with Crippen LogP contribution in [0.1, 0.15) is 5.56 Å². The highest BCUT2D eigenvalue weighted by atomic mass is 32.2. The SMILES string of the molecule is COc1ccc2[nH]cc(CCSC)c2c1. The molecule has 2 nitrogen and oxygen atoms in total. The molecule has 15 heavy (non-hydrogen) atoms. The number of rotatable bonds is 4. The van der Waals surface area contributed by atoms with Gasteiger partial charge in [0.15, 0.2) is 0 Å². The fraction of sp³-hybridized carbons (Fsp3) is 0.333. The molecule has 0 unspecified atom stereocenters. The molecule has 0 amide bonds. The fourth-order valence-electron chi connectivity index (χ4n) is 1.70. The van der Waals surface area contributed by atoms with Crippen molar-refractivity contribution in [1.29, 1.82) is 0 Å². The first-order chi connectivity index (χ1) is 7.35. The predicted molar refractivity (Wildman–Crippen MR) is 66.9 cm³/mol. The van der Waals surface area contributed by atoms with Crippen molar-refractivity contribution in [1.82, 2.24) is 4.98 Å². The highest BCUT2D eigenvalue weighted by Crippen LogP contribution is 2.24. The fourth-order valence-corrected chi connectivity index (χ4v) is 2.13. The molecule has 1 heterocycles. The summed E-state index contributed by atoms with van der Waals surface area (Å²) in [5.74, 6) is 2.08. The van der Waals surface area contributed by atoms with Crippen molar-refractivity contribution in [2.75, 3.05) is 19.1 Å². The standard InChI is InChI=1S/C12H15NOS/c1-14-10-3-4-12-11(7-10)9(8-13-12)5-6-15-2/h3-4,7-8,13H,5-6H2,1-2H3. The molecule has 0 atom stereocenters. The number of methoxy groups -OCH3 is 1. The average molecular weight is 221 g/mol. The number of H-pyrrole nitrogens is 1. The molecule has 1 N–H and O–H groups in total. The summed E-state index contributed by atoms with van der Waals surface area (Å²) in [6.45, 7) is 0. The number of aryl methyl sites for hydroxylation is 1. The number of benzene rings is 1. The molecular formula is C12H15NOS. The third-order valence-electron chi connectivity index (χ3n) is 2.55. The van der Waals surface area contributed by atoms with E-state index in [-0.39, 0.29) is 0 Å². The Labute approximate surface area is 94.0 Å². The summed E-state index contributed by atoms with van der Waals surface area (Å²) < 4.78 is 5.23. The van der Waals surface area contributed by atoms with Gasteiger partial charge in [0.2, 0.25) is 0 Å². The molecule has 2 rings (SSSR count). The first kappa shape index (κ1) is 10.4. The lowest BCUT2D eigenvalue weighted by atomic mass is 10.1. The van der Waals surface area contributed by atoms with E-state index in [0.717, 1.165) is 17.9 Å². The van der Waals surface area contributed by atoms with Crippen molar-refractivity contribution in [2.24, 2.45) is 0 Å². The van der Waals surface area contributed by atoms with Crippen LogP contribution < -0.4 is 4.74 Å². The van der Waals surface area contributed by atoms with E-state index in [4.69, 9.17) is 4.74 Å². The van der Waals surface area contributed by atoms with Crippen molar-refractivity contribution in [3.63, 3.8) is 0 Å². The van der Waals surface area contributed by atoms with Gasteiger partial charge in [-0.1, -0.05) is 0 Å². The number of aromatic nitrogens is 1. The molecule has 1 aromatic heterocycles. The number of ether oxygens (including phenoxy) is 1. The van der Waals surface area contributed by atoms with Crippen molar-refractivity contribution >= 4 is 22.7 Å². The second-order valence-corrected chi connectivity index (χ2v) is 4.45. The number of hydrogen-bond donors (Lipinski definition) is 1. The van der Waals surface area contributed by atoms with Gasteiger partial charge < -0.3 is 9.72 Å². The molecule has 2 aromatic rings.